The van der Waals surface area contributed by atoms with Gasteiger partial charge in [0, 0.05) is 23.9 Å². The van der Waals surface area contributed by atoms with Crippen molar-refractivity contribution in [3.8, 4) is 0 Å². The first-order valence-electron chi connectivity index (χ1n) is 6.37. The Hall–Kier alpha value is -2.40. The third-order valence-electron chi connectivity index (χ3n) is 3.10. The lowest BCUT2D eigenvalue weighted by molar-refractivity contribution is -0.394. The van der Waals surface area contributed by atoms with Crippen LogP contribution in [0.2, 0.25) is 0 Å². The minimum absolute atomic E-state index is 0.433. The van der Waals surface area contributed by atoms with E-state index in [1.165, 1.54) is 0 Å². The molecule has 0 amide bonds. The topological polar surface area (TPSA) is 207 Å². The van der Waals surface area contributed by atoms with Crippen molar-refractivity contribution in [2.24, 2.45) is 5.73 Å². The number of nitrogens with two attached hydrogens (primary N) is 1. The van der Waals surface area contributed by atoms with Crippen LogP contribution < -0.4 is 5.73 Å². The molecule has 1 aromatic rings. The van der Waals surface area contributed by atoms with E-state index in [2.05, 4.69) is 0 Å². The van der Waals surface area contributed by atoms with Gasteiger partial charge in [-0.05, 0) is 6.42 Å². The van der Waals surface area contributed by atoms with Gasteiger partial charge in [-0.15, -0.1) is 0 Å². The molecule has 0 aliphatic carbocycles. The van der Waals surface area contributed by atoms with Crippen molar-refractivity contribution in [1.29, 1.82) is 0 Å². The number of non-ortho nitro benzene ring substituents is 2. The Kier molecular flexibility index (Phi) is 6.10. The monoisotopic (exact) mass is 363 g/mol. The van der Waals surface area contributed by atoms with Crippen LogP contribution in [0.4, 0.5) is 11.4 Å². The molecule has 0 aromatic heterocycles. The highest BCUT2D eigenvalue weighted by atomic mass is 31.2. The van der Waals surface area contributed by atoms with Gasteiger partial charge in [0.25, 0.3) is 11.4 Å². The van der Waals surface area contributed by atoms with Crippen molar-refractivity contribution in [1.82, 2.24) is 0 Å². The average molecular weight is 363 g/mol. The fraction of sp³-hybridized carbons (Fsp3) is 0.364. The summed E-state index contributed by atoms with van der Waals surface area (Å²) in [6.07, 6.45) is -1.12. The van der Waals surface area contributed by atoms with Crippen LogP contribution in [0.1, 0.15) is 17.8 Å². The summed E-state index contributed by atoms with van der Waals surface area (Å²) in [6.45, 7) is 0. The van der Waals surface area contributed by atoms with Crippen molar-refractivity contribution >= 4 is 24.7 Å². The number of nitrogens with zero attached hydrogens (tertiary/aromatic N) is 2. The van der Waals surface area contributed by atoms with Crippen molar-refractivity contribution in [2.75, 3.05) is 6.16 Å². The maximum absolute atomic E-state index is 12.1. The van der Waals surface area contributed by atoms with E-state index >= 15 is 0 Å². The predicted molar refractivity (Wildman–Crippen MR) is 79.6 cm³/mol. The molecule has 0 heterocycles. The van der Waals surface area contributed by atoms with Crippen molar-refractivity contribution < 1.29 is 34.3 Å². The second-order valence-electron chi connectivity index (χ2n) is 4.88. The van der Waals surface area contributed by atoms with Gasteiger partial charge in [-0.2, -0.15) is 0 Å². The second-order valence-corrected chi connectivity index (χ2v) is 7.33. The SMILES string of the molecule is N[C@H](CCP(=O)(O)C(O)c1cc([N+](=O)[O-])cc([N+](=O)[O-])c1)C(=O)O. The maximum atomic E-state index is 12.1. The quantitative estimate of drug-likeness (QED) is 0.286. The lowest BCUT2D eigenvalue weighted by Gasteiger charge is -2.19. The number of aliphatic hydroxyl groups excluding tert-OH is 1. The molecule has 2 unspecified atom stereocenters. The predicted octanol–water partition coefficient (Wildman–Crippen LogP) is 0.566. The van der Waals surface area contributed by atoms with Crippen molar-refractivity contribution in [3.05, 3.63) is 44.0 Å². The summed E-state index contributed by atoms with van der Waals surface area (Å²) in [5, 5.41) is 40.1. The molecule has 13 heteroatoms. The molecular weight excluding hydrogens is 349 g/mol. The molecule has 0 saturated carbocycles. The summed E-state index contributed by atoms with van der Waals surface area (Å²) < 4.78 is 12.1. The summed E-state index contributed by atoms with van der Waals surface area (Å²) in [7, 11) is -4.43. The average Bonchev–Trinajstić information content (AvgIpc) is 2.51. The molecule has 1 rings (SSSR count). The normalized spacial score (nSPS) is 16.0. The standard InChI is InChI=1S/C11H14N3O9P/c12-9(10(15)16)1-2-24(22,23)11(17)6-3-7(13(18)19)5-8(4-6)14(20)21/h3-5,9,11,17H,1-2,12H2,(H,15,16)(H,22,23)/t9-,11?/m1/s1. The number of benzene rings is 1. The van der Waals surface area contributed by atoms with Gasteiger partial charge in [0.1, 0.15) is 6.04 Å². The molecule has 5 N–H and O–H groups in total. The minimum Gasteiger partial charge on any atom is -0.480 e. The lowest BCUT2D eigenvalue weighted by atomic mass is 10.2. The van der Waals surface area contributed by atoms with Crippen LogP contribution in [-0.4, -0.2) is 43.1 Å². The number of nitro groups is 2. The zero-order valence-corrected chi connectivity index (χ0v) is 12.9. The molecule has 0 fully saturated rings. The fourth-order valence-corrected chi connectivity index (χ4v) is 3.29. The number of carboxylic acids is 1. The molecule has 24 heavy (non-hydrogen) atoms. The van der Waals surface area contributed by atoms with E-state index in [0.717, 1.165) is 12.1 Å². The Bertz CT molecular complexity index is 690. The van der Waals surface area contributed by atoms with Gasteiger partial charge in [0.15, 0.2) is 5.85 Å². The maximum Gasteiger partial charge on any atom is 0.320 e. The van der Waals surface area contributed by atoms with Gasteiger partial charge in [-0.3, -0.25) is 29.6 Å². The molecule has 0 saturated heterocycles. The van der Waals surface area contributed by atoms with Crippen LogP contribution in [0.25, 0.3) is 0 Å². The Labute approximate surface area is 134 Å². The van der Waals surface area contributed by atoms with Crippen LogP contribution in [0.5, 0.6) is 0 Å². The molecular formula is C11H14N3O9P. The number of carboxylic acid groups (broad SMARTS) is 1. The van der Waals surface area contributed by atoms with Gasteiger partial charge >= 0.3 is 5.97 Å². The third-order valence-corrected chi connectivity index (χ3v) is 5.07. The first kappa shape index (κ1) is 19.6. The zero-order valence-electron chi connectivity index (χ0n) is 12.0. The van der Waals surface area contributed by atoms with Gasteiger partial charge in [-0.1, -0.05) is 0 Å². The number of aliphatic carboxylic acids is 1. The summed E-state index contributed by atoms with van der Waals surface area (Å²) in [6, 6.07) is 0.672. The molecule has 0 spiro atoms. The smallest absolute Gasteiger partial charge is 0.320 e. The van der Waals surface area contributed by atoms with Gasteiger partial charge < -0.3 is 20.8 Å². The van der Waals surface area contributed by atoms with E-state index in [1.54, 1.807) is 0 Å². The number of hydrogen-bond donors (Lipinski definition) is 4. The van der Waals surface area contributed by atoms with Crippen LogP contribution in [0.15, 0.2) is 18.2 Å². The second kappa shape index (κ2) is 7.45. The van der Waals surface area contributed by atoms with E-state index in [1.807, 2.05) is 0 Å². The van der Waals surface area contributed by atoms with E-state index in [0.29, 0.717) is 6.07 Å². The van der Waals surface area contributed by atoms with Crippen molar-refractivity contribution in [2.45, 2.75) is 18.3 Å². The summed E-state index contributed by atoms with van der Waals surface area (Å²) in [4.78, 5) is 40.1. The number of nitro benzene ring substituents is 2. The summed E-state index contributed by atoms with van der Waals surface area (Å²) in [5.74, 6) is -3.56. The lowest BCUT2D eigenvalue weighted by Crippen LogP contribution is -2.31. The van der Waals surface area contributed by atoms with Crippen LogP contribution in [0.3, 0.4) is 0 Å². The van der Waals surface area contributed by atoms with Gasteiger partial charge in [-0.25, -0.2) is 0 Å². The zero-order chi connectivity index (χ0) is 18.7. The number of aliphatic hydroxyl groups is 1. The summed E-state index contributed by atoms with van der Waals surface area (Å²) >= 11 is 0. The van der Waals surface area contributed by atoms with E-state index in [-0.39, 0.29) is 0 Å². The molecule has 1 aromatic carbocycles. The van der Waals surface area contributed by atoms with E-state index in [4.69, 9.17) is 10.8 Å². The molecule has 3 atom stereocenters. The minimum atomic E-state index is -4.43. The van der Waals surface area contributed by atoms with Crippen LogP contribution in [0, 0.1) is 20.2 Å². The number of rotatable bonds is 8. The highest BCUT2D eigenvalue weighted by Gasteiger charge is 2.34. The Balaban J connectivity index is 3.14. The van der Waals surface area contributed by atoms with Crippen LogP contribution in [-0.2, 0) is 9.36 Å². The van der Waals surface area contributed by atoms with Gasteiger partial charge in [0.05, 0.1) is 15.9 Å². The first-order valence-corrected chi connectivity index (χ1v) is 8.29. The number of hydrogen-bond acceptors (Lipinski definition) is 8. The largest absolute Gasteiger partial charge is 0.480 e. The molecule has 132 valence electrons. The Morgan fingerprint density at radius 2 is 1.67 bits per heavy atom. The fourth-order valence-electron chi connectivity index (χ4n) is 1.78. The molecule has 0 radical (unpaired) electrons. The van der Waals surface area contributed by atoms with E-state index < -0.39 is 64.6 Å². The highest BCUT2D eigenvalue weighted by molar-refractivity contribution is 7.58. The van der Waals surface area contributed by atoms with Crippen LogP contribution >= 0.6 is 7.37 Å². The Morgan fingerprint density at radius 3 is 2.04 bits per heavy atom. The third kappa shape index (κ3) is 4.80. The molecule has 0 aliphatic rings. The highest BCUT2D eigenvalue weighted by Crippen LogP contribution is 2.55. The van der Waals surface area contributed by atoms with Crippen molar-refractivity contribution in [3.63, 3.8) is 0 Å². The van der Waals surface area contributed by atoms with Gasteiger partial charge in [0.2, 0.25) is 7.37 Å². The summed E-state index contributed by atoms with van der Waals surface area (Å²) in [5.41, 5.74) is 3.23. The first-order chi connectivity index (χ1) is 11.0. The van der Waals surface area contributed by atoms with E-state index in [9.17, 15) is 39.6 Å². The Morgan fingerprint density at radius 1 is 1.21 bits per heavy atom. The number of carbonyl (C=O) groups is 1. The molecule has 0 aliphatic heterocycles. The molecule has 12 nitrogen and oxygen atoms in total. The molecule has 0 bridgehead atoms.